The van der Waals surface area contributed by atoms with Crippen molar-refractivity contribution < 1.29 is 4.79 Å². The van der Waals surface area contributed by atoms with Crippen LogP contribution in [-0.4, -0.2) is 66.5 Å². The van der Waals surface area contributed by atoms with Crippen molar-refractivity contribution in [2.75, 3.05) is 31.1 Å². The lowest BCUT2D eigenvalue weighted by Gasteiger charge is -2.34. The number of anilines is 1. The summed E-state index contributed by atoms with van der Waals surface area (Å²) in [7, 11) is 0. The van der Waals surface area contributed by atoms with Gasteiger partial charge in [0, 0.05) is 50.8 Å². The van der Waals surface area contributed by atoms with Gasteiger partial charge in [0.25, 0.3) is 11.3 Å². The molecular formula is C20H22N8O2. The number of hydrogen-bond donors (Lipinski definition) is 2. The van der Waals surface area contributed by atoms with Crippen LogP contribution in [0.25, 0.3) is 16.8 Å². The number of hydrogen-bond acceptors (Lipinski definition) is 6. The van der Waals surface area contributed by atoms with Crippen molar-refractivity contribution >= 4 is 28.7 Å². The zero-order chi connectivity index (χ0) is 20.7. The summed E-state index contributed by atoms with van der Waals surface area (Å²) >= 11 is 0. The fraction of sp³-hybridized carbons (Fsp3) is 0.350. The van der Waals surface area contributed by atoms with E-state index in [1.54, 1.807) is 6.92 Å². The number of imidazole rings is 1. The summed E-state index contributed by atoms with van der Waals surface area (Å²) in [5.41, 5.74) is 2.36. The first-order chi connectivity index (χ1) is 14.6. The van der Waals surface area contributed by atoms with Crippen LogP contribution in [0.1, 0.15) is 17.9 Å². The smallest absolute Gasteiger partial charge is 0.274 e. The van der Waals surface area contributed by atoms with Gasteiger partial charge in [0.2, 0.25) is 11.9 Å². The van der Waals surface area contributed by atoms with Crippen molar-refractivity contribution in [3.05, 3.63) is 52.2 Å². The summed E-state index contributed by atoms with van der Waals surface area (Å²) in [6, 6.07) is 9.32. The molecular weight excluding hydrogens is 384 g/mol. The molecule has 0 saturated carbocycles. The van der Waals surface area contributed by atoms with Gasteiger partial charge in [-0.1, -0.05) is 12.1 Å². The van der Waals surface area contributed by atoms with Crippen LogP contribution >= 0.6 is 0 Å². The number of carbonyl (C=O) groups is 1. The molecule has 10 heteroatoms. The number of para-hydroxylation sites is 2. The molecule has 0 radical (unpaired) electrons. The van der Waals surface area contributed by atoms with Gasteiger partial charge in [0.15, 0.2) is 0 Å². The molecule has 1 fully saturated rings. The van der Waals surface area contributed by atoms with Crippen LogP contribution in [-0.2, 0) is 11.2 Å². The normalized spacial score (nSPS) is 14.7. The number of carbonyl (C=O) groups excluding carboxylic acids is 1. The minimum atomic E-state index is -0.185. The predicted molar refractivity (Wildman–Crippen MR) is 112 cm³/mol. The van der Waals surface area contributed by atoms with Crippen LogP contribution in [0.3, 0.4) is 0 Å². The van der Waals surface area contributed by atoms with Crippen LogP contribution in [0.5, 0.6) is 0 Å². The highest BCUT2D eigenvalue weighted by molar-refractivity contribution is 5.77. The van der Waals surface area contributed by atoms with Crippen molar-refractivity contribution in [1.82, 2.24) is 34.4 Å². The second-order valence-electron chi connectivity index (χ2n) is 7.49. The third-order valence-electron chi connectivity index (χ3n) is 5.39. The molecule has 1 amide bonds. The first-order valence-corrected chi connectivity index (χ1v) is 9.99. The zero-order valence-corrected chi connectivity index (χ0v) is 16.6. The Morgan fingerprint density at radius 3 is 2.70 bits per heavy atom. The van der Waals surface area contributed by atoms with Crippen molar-refractivity contribution in [1.29, 1.82) is 0 Å². The monoisotopic (exact) mass is 406 g/mol. The van der Waals surface area contributed by atoms with E-state index in [4.69, 9.17) is 0 Å². The first-order valence-electron chi connectivity index (χ1n) is 9.99. The van der Waals surface area contributed by atoms with Gasteiger partial charge < -0.3 is 14.8 Å². The molecule has 4 aromatic rings. The van der Waals surface area contributed by atoms with Crippen LogP contribution in [0, 0.1) is 6.92 Å². The highest BCUT2D eigenvalue weighted by Gasteiger charge is 2.23. The third kappa shape index (κ3) is 3.40. The van der Waals surface area contributed by atoms with Gasteiger partial charge >= 0.3 is 0 Å². The Balaban J connectivity index is 1.19. The number of amides is 1. The second kappa shape index (κ2) is 7.29. The predicted octanol–water partition coefficient (Wildman–Crippen LogP) is 0.884. The number of aromatic nitrogens is 6. The van der Waals surface area contributed by atoms with E-state index in [2.05, 4.69) is 25.0 Å². The Morgan fingerprint density at radius 1 is 1.10 bits per heavy atom. The highest BCUT2D eigenvalue weighted by atomic mass is 16.2. The van der Waals surface area contributed by atoms with E-state index in [0.29, 0.717) is 56.4 Å². The van der Waals surface area contributed by atoms with Crippen LogP contribution < -0.4 is 10.5 Å². The molecule has 0 atom stereocenters. The molecule has 0 bridgehead atoms. The fourth-order valence-corrected chi connectivity index (χ4v) is 3.80. The van der Waals surface area contributed by atoms with E-state index in [-0.39, 0.29) is 11.5 Å². The van der Waals surface area contributed by atoms with Crippen molar-refractivity contribution in [3.8, 4) is 0 Å². The van der Waals surface area contributed by atoms with Crippen molar-refractivity contribution in [3.63, 3.8) is 0 Å². The van der Waals surface area contributed by atoms with Gasteiger partial charge in [-0.3, -0.25) is 14.7 Å². The number of benzene rings is 1. The Hall–Kier alpha value is -3.69. The summed E-state index contributed by atoms with van der Waals surface area (Å²) in [6.07, 6.45) is 1.01. The van der Waals surface area contributed by atoms with Crippen molar-refractivity contribution in [2.45, 2.75) is 19.8 Å². The number of nitrogens with one attached hydrogen (secondary N) is 2. The maximum Gasteiger partial charge on any atom is 0.274 e. The summed E-state index contributed by atoms with van der Waals surface area (Å²) < 4.78 is 1.34. The molecule has 3 aromatic heterocycles. The maximum absolute atomic E-state index is 12.6. The first kappa shape index (κ1) is 18.3. The van der Waals surface area contributed by atoms with Gasteiger partial charge in [-0.25, -0.2) is 9.97 Å². The van der Waals surface area contributed by atoms with E-state index in [9.17, 15) is 9.59 Å². The van der Waals surface area contributed by atoms with Gasteiger partial charge in [0.05, 0.1) is 11.0 Å². The number of aromatic amines is 2. The molecule has 1 aliphatic heterocycles. The SMILES string of the molecule is Cc1cc(=O)n2[nH]c(N3CCN(C(=O)CCc4nc5ccccc5[nH]4)CC3)nc2n1. The minimum Gasteiger partial charge on any atom is -0.342 e. The van der Waals surface area contributed by atoms with Crippen LogP contribution in [0.4, 0.5) is 5.95 Å². The quantitative estimate of drug-likeness (QED) is 0.520. The van der Waals surface area contributed by atoms with Crippen molar-refractivity contribution in [2.24, 2.45) is 0 Å². The average Bonchev–Trinajstić information content (AvgIpc) is 3.36. The summed E-state index contributed by atoms with van der Waals surface area (Å²) in [5.74, 6) is 1.91. The summed E-state index contributed by atoms with van der Waals surface area (Å²) in [4.78, 5) is 45.1. The molecule has 4 heterocycles. The summed E-state index contributed by atoms with van der Waals surface area (Å²) in [6.45, 7) is 4.27. The lowest BCUT2D eigenvalue weighted by atomic mass is 10.2. The number of H-pyrrole nitrogens is 2. The fourth-order valence-electron chi connectivity index (χ4n) is 3.80. The number of fused-ring (bicyclic) bond motifs is 2. The Kier molecular flexibility index (Phi) is 4.46. The molecule has 0 unspecified atom stereocenters. The molecule has 1 aromatic carbocycles. The maximum atomic E-state index is 12.6. The molecule has 30 heavy (non-hydrogen) atoms. The molecule has 0 aliphatic carbocycles. The summed E-state index contributed by atoms with van der Waals surface area (Å²) in [5, 5.41) is 3.00. The molecule has 0 spiro atoms. The number of piperazine rings is 1. The van der Waals surface area contributed by atoms with Gasteiger partial charge in [-0.05, 0) is 19.1 Å². The van der Waals surface area contributed by atoms with Crippen LogP contribution in [0.15, 0.2) is 35.1 Å². The zero-order valence-electron chi connectivity index (χ0n) is 16.6. The minimum absolute atomic E-state index is 0.119. The van der Waals surface area contributed by atoms with Gasteiger partial charge in [-0.15, -0.1) is 0 Å². The largest absolute Gasteiger partial charge is 0.342 e. The topological polar surface area (TPSA) is 115 Å². The van der Waals surface area contributed by atoms with Crippen LogP contribution in [0.2, 0.25) is 0 Å². The van der Waals surface area contributed by atoms with E-state index >= 15 is 0 Å². The molecule has 154 valence electrons. The Labute approximate surface area is 171 Å². The van der Waals surface area contributed by atoms with Gasteiger partial charge in [-0.2, -0.15) is 9.50 Å². The van der Waals surface area contributed by atoms with E-state index in [0.717, 1.165) is 16.9 Å². The van der Waals surface area contributed by atoms with E-state index < -0.39 is 0 Å². The number of rotatable bonds is 4. The molecule has 1 aliphatic rings. The molecule has 2 N–H and O–H groups in total. The average molecular weight is 406 g/mol. The molecule has 1 saturated heterocycles. The lowest BCUT2D eigenvalue weighted by molar-refractivity contribution is -0.131. The Morgan fingerprint density at radius 2 is 1.90 bits per heavy atom. The van der Waals surface area contributed by atoms with E-state index in [1.807, 2.05) is 34.1 Å². The number of aryl methyl sites for hydroxylation is 2. The third-order valence-corrected chi connectivity index (χ3v) is 5.39. The van der Waals surface area contributed by atoms with Gasteiger partial charge in [0.1, 0.15) is 5.82 Å². The Bertz CT molecular complexity index is 1250. The lowest BCUT2D eigenvalue weighted by Crippen LogP contribution is -2.49. The second-order valence-corrected chi connectivity index (χ2v) is 7.49. The molecule has 5 rings (SSSR count). The number of nitrogens with zero attached hydrogens (tertiary/aromatic N) is 6. The standard InChI is InChI=1S/C20H22N8O2/c1-13-12-18(30)28-19(21-13)24-20(25-28)27-10-8-26(9-11-27)17(29)7-6-16-22-14-4-2-3-5-15(14)23-16/h2-5,12H,6-11H2,1H3,(H,22,23)(H,21,24,25). The highest BCUT2D eigenvalue weighted by Crippen LogP contribution is 2.14. The van der Waals surface area contributed by atoms with E-state index in [1.165, 1.54) is 10.6 Å². The molecule has 10 nitrogen and oxygen atoms in total.